The van der Waals surface area contributed by atoms with Crippen molar-refractivity contribution in [3.8, 4) is 6.07 Å². The topological polar surface area (TPSA) is 70.2 Å². The van der Waals surface area contributed by atoms with Crippen LogP contribution in [-0.4, -0.2) is 19.0 Å². The Morgan fingerprint density at radius 2 is 1.82 bits per heavy atom. The highest BCUT2D eigenvalue weighted by atomic mass is 16.6. The van der Waals surface area contributed by atoms with Crippen molar-refractivity contribution >= 4 is 23.5 Å². The Balaban J connectivity index is 2.26. The van der Waals surface area contributed by atoms with E-state index < -0.39 is 4.92 Å². The highest BCUT2D eigenvalue weighted by Crippen LogP contribution is 2.20. The van der Waals surface area contributed by atoms with Gasteiger partial charge in [0.25, 0.3) is 5.69 Å². The predicted molar refractivity (Wildman–Crippen MR) is 87.5 cm³/mol. The van der Waals surface area contributed by atoms with Crippen LogP contribution in [-0.2, 0) is 0 Å². The van der Waals surface area contributed by atoms with Crippen molar-refractivity contribution < 1.29 is 4.92 Å². The van der Waals surface area contributed by atoms with Crippen LogP contribution in [0.1, 0.15) is 16.7 Å². The molecule has 0 aromatic heterocycles. The molecule has 2 rings (SSSR count). The van der Waals surface area contributed by atoms with Crippen molar-refractivity contribution in [2.24, 2.45) is 0 Å². The summed E-state index contributed by atoms with van der Waals surface area (Å²) in [4.78, 5) is 12.2. The van der Waals surface area contributed by atoms with Gasteiger partial charge in [-0.25, -0.2) is 0 Å². The molecule has 0 amide bonds. The minimum absolute atomic E-state index is 0.0796. The lowest BCUT2D eigenvalue weighted by atomic mass is 10.1. The molecule has 0 atom stereocenters. The number of hydrogen-bond donors (Lipinski definition) is 0. The lowest BCUT2D eigenvalue weighted by molar-refractivity contribution is -0.384. The van der Waals surface area contributed by atoms with Crippen molar-refractivity contribution in [2.45, 2.75) is 0 Å². The molecule has 0 aliphatic heterocycles. The number of hydrogen-bond acceptors (Lipinski definition) is 4. The second kappa shape index (κ2) is 6.55. The number of non-ortho nitro benzene ring substituents is 1. The molecule has 110 valence electrons. The highest BCUT2D eigenvalue weighted by molar-refractivity contribution is 5.74. The maximum Gasteiger partial charge on any atom is 0.270 e. The average Bonchev–Trinajstić information content (AvgIpc) is 2.52. The van der Waals surface area contributed by atoms with E-state index in [0.29, 0.717) is 5.56 Å². The molecule has 22 heavy (non-hydrogen) atoms. The Morgan fingerprint density at radius 1 is 1.14 bits per heavy atom. The minimum atomic E-state index is -0.506. The van der Waals surface area contributed by atoms with E-state index in [1.54, 1.807) is 12.1 Å². The highest BCUT2D eigenvalue weighted by Gasteiger charge is 2.08. The molecular weight excluding hydrogens is 278 g/mol. The number of nitriles is 1. The number of nitro groups is 1. The number of nitro benzene ring substituents is 1. The first-order valence-corrected chi connectivity index (χ1v) is 6.65. The molecule has 2 aromatic rings. The third-order valence-electron chi connectivity index (χ3n) is 3.23. The smallest absolute Gasteiger partial charge is 0.270 e. The molecule has 2 aromatic carbocycles. The van der Waals surface area contributed by atoms with Crippen molar-refractivity contribution in [3.05, 3.63) is 69.3 Å². The fraction of sp³-hybridized carbons (Fsp3) is 0.118. The van der Waals surface area contributed by atoms with E-state index in [-0.39, 0.29) is 11.3 Å². The van der Waals surface area contributed by atoms with Gasteiger partial charge in [-0.2, -0.15) is 5.26 Å². The zero-order valence-electron chi connectivity index (χ0n) is 12.4. The fourth-order valence-electron chi connectivity index (χ4n) is 1.97. The SMILES string of the molecule is CN(C)c1ccc(/C=C/c2ccc([N+](=O)[O-])cc2C#N)cc1. The molecule has 0 N–H and O–H groups in total. The van der Waals surface area contributed by atoms with Gasteiger partial charge in [-0.15, -0.1) is 0 Å². The zero-order chi connectivity index (χ0) is 16.1. The molecule has 5 nitrogen and oxygen atoms in total. The third kappa shape index (κ3) is 3.49. The summed E-state index contributed by atoms with van der Waals surface area (Å²) in [6, 6.07) is 14.2. The Hall–Kier alpha value is -3.13. The van der Waals surface area contributed by atoms with Crippen molar-refractivity contribution in [2.75, 3.05) is 19.0 Å². The van der Waals surface area contributed by atoms with Gasteiger partial charge in [0.15, 0.2) is 0 Å². The monoisotopic (exact) mass is 293 g/mol. The number of rotatable bonds is 4. The molecule has 0 saturated heterocycles. The number of nitrogens with zero attached hydrogens (tertiary/aromatic N) is 3. The first-order chi connectivity index (χ1) is 10.5. The minimum Gasteiger partial charge on any atom is -0.378 e. The number of benzene rings is 2. The van der Waals surface area contributed by atoms with Crippen LogP contribution in [0.15, 0.2) is 42.5 Å². The Morgan fingerprint density at radius 3 is 2.36 bits per heavy atom. The van der Waals surface area contributed by atoms with Crippen LogP contribution in [0.25, 0.3) is 12.2 Å². The van der Waals surface area contributed by atoms with Gasteiger partial charge in [0.1, 0.15) is 6.07 Å². The van der Waals surface area contributed by atoms with Gasteiger partial charge in [-0.3, -0.25) is 10.1 Å². The van der Waals surface area contributed by atoms with Crippen LogP contribution in [0.2, 0.25) is 0 Å². The van der Waals surface area contributed by atoms with Crippen LogP contribution in [0.5, 0.6) is 0 Å². The largest absolute Gasteiger partial charge is 0.378 e. The molecule has 0 aliphatic rings. The van der Waals surface area contributed by atoms with Crippen LogP contribution >= 0.6 is 0 Å². The van der Waals surface area contributed by atoms with Crippen LogP contribution in [0.3, 0.4) is 0 Å². The molecule has 0 bridgehead atoms. The Bertz CT molecular complexity index is 756. The second-order valence-corrected chi connectivity index (χ2v) is 4.96. The van der Waals surface area contributed by atoms with E-state index in [0.717, 1.165) is 11.3 Å². The average molecular weight is 293 g/mol. The molecule has 5 heteroatoms. The quantitative estimate of drug-likeness (QED) is 0.489. The van der Waals surface area contributed by atoms with Gasteiger partial charge in [0, 0.05) is 31.9 Å². The van der Waals surface area contributed by atoms with Crippen LogP contribution in [0.4, 0.5) is 11.4 Å². The third-order valence-corrected chi connectivity index (χ3v) is 3.23. The first kappa shape index (κ1) is 15.3. The van der Waals surface area contributed by atoms with Crippen molar-refractivity contribution in [3.63, 3.8) is 0 Å². The van der Waals surface area contributed by atoms with E-state index in [9.17, 15) is 10.1 Å². The molecule has 0 heterocycles. The molecule has 0 fully saturated rings. The maximum absolute atomic E-state index is 10.7. The first-order valence-electron chi connectivity index (χ1n) is 6.65. The number of anilines is 1. The normalized spacial score (nSPS) is 10.4. The molecule has 0 saturated carbocycles. The second-order valence-electron chi connectivity index (χ2n) is 4.96. The van der Waals surface area contributed by atoms with Gasteiger partial charge < -0.3 is 4.90 Å². The summed E-state index contributed by atoms with van der Waals surface area (Å²) in [5.74, 6) is 0. The van der Waals surface area contributed by atoms with Crippen molar-refractivity contribution in [1.82, 2.24) is 0 Å². The summed E-state index contributed by atoms with van der Waals surface area (Å²) in [5, 5.41) is 19.8. The fourth-order valence-corrected chi connectivity index (χ4v) is 1.97. The summed E-state index contributed by atoms with van der Waals surface area (Å²) < 4.78 is 0. The summed E-state index contributed by atoms with van der Waals surface area (Å²) >= 11 is 0. The Kier molecular flexibility index (Phi) is 4.54. The molecule has 0 spiro atoms. The van der Waals surface area contributed by atoms with E-state index in [1.165, 1.54) is 12.1 Å². The van der Waals surface area contributed by atoms with E-state index in [1.807, 2.05) is 55.4 Å². The van der Waals surface area contributed by atoms with E-state index in [2.05, 4.69) is 0 Å². The van der Waals surface area contributed by atoms with Gasteiger partial charge >= 0.3 is 0 Å². The van der Waals surface area contributed by atoms with Gasteiger partial charge in [-0.05, 0) is 29.3 Å². The van der Waals surface area contributed by atoms with Gasteiger partial charge in [0.2, 0.25) is 0 Å². The van der Waals surface area contributed by atoms with Gasteiger partial charge in [0.05, 0.1) is 10.5 Å². The van der Waals surface area contributed by atoms with E-state index in [4.69, 9.17) is 5.26 Å². The van der Waals surface area contributed by atoms with E-state index >= 15 is 0 Å². The molecule has 0 radical (unpaired) electrons. The molecule has 0 aliphatic carbocycles. The van der Waals surface area contributed by atoms with Crippen LogP contribution in [0, 0.1) is 21.4 Å². The maximum atomic E-state index is 10.7. The molecular formula is C17H15N3O2. The van der Waals surface area contributed by atoms with Gasteiger partial charge in [-0.1, -0.05) is 24.3 Å². The summed E-state index contributed by atoms with van der Waals surface area (Å²) in [5.41, 5.74) is 2.96. The predicted octanol–water partition coefficient (Wildman–Crippen LogP) is 3.70. The molecule has 0 unspecified atom stereocenters. The summed E-state index contributed by atoms with van der Waals surface area (Å²) in [7, 11) is 3.95. The lowest BCUT2D eigenvalue weighted by Gasteiger charge is -2.11. The summed E-state index contributed by atoms with van der Waals surface area (Å²) in [6.45, 7) is 0. The van der Waals surface area contributed by atoms with Crippen molar-refractivity contribution in [1.29, 1.82) is 5.26 Å². The Labute approximate surface area is 128 Å². The zero-order valence-corrected chi connectivity index (χ0v) is 12.4. The standard InChI is InChI=1S/C17H15N3O2/c1-19(2)16-8-4-13(5-9-16)3-6-14-7-10-17(20(21)22)11-15(14)12-18/h3-11H,1-2H3/b6-3+. The summed E-state index contributed by atoms with van der Waals surface area (Å²) in [6.07, 6.45) is 3.66. The van der Waals surface area contributed by atoms with Crippen LogP contribution < -0.4 is 4.90 Å². The lowest BCUT2D eigenvalue weighted by Crippen LogP contribution is -2.07.